The molecule has 0 aliphatic heterocycles. The third-order valence-electron chi connectivity index (χ3n) is 3.71. The van der Waals surface area contributed by atoms with E-state index in [0.717, 1.165) is 12.8 Å². The van der Waals surface area contributed by atoms with Crippen molar-refractivity contribution in [3.05, 3.63) is 33.9 Å². The van der Waals surface area contributed by atoms with Crippen molar-refractivity contribution in [3.8, 4) is 0 Å². The van der Waals surface area contributed by atoms with Gasteiger partial charge in [0.05, 0.1) is 6.21 Å². The van der Waals surface area contributed by atoms with Gasteiger partial charge in [-0.2, -0.15) is 0 Å². The molecule has 1 N–H and O–H groups in total. The lowest BCUT2D eigenvalue weighted by molar-refractivity contribution is 0.322. The highest BCUT2D eigenvalue weighted by molar-refractivity contribution is 5.85. The predicted molar refractivity (Wildman–Crippen MR) is 59.9 cm³/mol. The van der Waals surface area contributed by atoms with Crippen LogP contribution in [0.2, 0.25) is 0 Å². The van der Waals surface area contributed by atoms with Crippen LogP contribution in [0.5, 0.6) is 0 Å². The van der Waals surface area contributed by atoms with E-state index in [4.69, 9.17) is 5.21 Å². The highest BCUT2D eigenvalue weighted by atomic mass is 16.4. The predicted octanol–water partition coefficient (Wildman–Crippen LogP) is 2.47. The maximum absolute atomic E-state index is 8.75. The summed E-state index contributed by atoms with van der Waals surface area (Å²) in [6.45, 7) is 0. The topological polar surface area (TPSA) is 32.6 Å². The molecule has 0 saturated carbocycles. The third-order valence-corrected chi connectivity index (χ3v) is 3.71. The van der Waals surface area contributed by atoms with E-state index in [2.05, 4.69) is 11.2 Å². The Balaban J connectivity index is 2.24. The lowest BCUT2D eigenvalue weighted by Gasteiger charge is -2.10. The monoisotopic (exact) mass is 201 g/mol. The average Bonchev–Trinajstić information content (AvgIpc) is 2.84. The van der Waals surface area contributed by atoms with Crippen LogP contribution >= 0.6 is 0 Å². The van der Waals surface area contributed by atoms with Crippen LogP contribution in [0.4, 0.5) is 0 Å². The molecule has 2 heteroatoms. The lowest BCUT2D eigenvalue weighted by atomic mass is 9.95. The van der Waals surface area contributed by atoms with Crippen LogP contribution < -0.4 is 0 Å². The zero-order valence-corrected chi connectivity index (χ0v) is 8.79. The first kappa shape index (κ1) is 8.96. The van der Waals surface area contributed by atoms with E-state index in [9.17, 15) is 0 Å². The fourth-order valence-electron chi connectivity index (χ4n) is 3.07. The fraction of sp³-hybridized carbons (Fsp3) is 0.462. The molecule has 15 heavy (non-hydrogen) atoms. The number of aryl methyl sites for hydroxylation is 2. The molecule has 0 bridgehead atoms. The molecular formula is C13H15NO. The van der Waals surface area contributed by atoms with Gasteiger partial charge in [0.2, 0.25) is 0 Å². The zero-order valence-electron chi connectivity index (χ0n) is 8.79. The summed E-state index contributed by atoms with van der Waals surface area (Å²) in [7, 11) is 0. The number of fused-ring (bicyclic) bond motifs is 2. The second kappa shape index (κ2) is 3.37. The van der Waals surface area contributed by atoms with E-state index in [1.807, 2.05) is 0 Å². The van der Waals surface area contributed by atoms with Gasteiger partial charge in [-0.05, 0) is 60.8 Å². The molecule has 0 unspecified atom stereocenters. The first-order chi connectivity index (χ1) is 7.40. The molecule has 0 amide bonds. The molecule has 0 heterocycles. The van der Waals surface area contributed by atoms with Crippen LogP contribution in [0.25, 0.3) is 0 Å². The zero-order chi connectivity index (χ0) is 10.3. The van der Waals surface area contributed by atoms with Gasteiger partial charge in [-0.25, -0.2) is 0 Å². The van der Waals surface area contributed by atoms with E-state index in [1.54, 1.807) is 6.21 Å². The standard InChI is InChI=1S/C13H15NO/c15-14-8-13-11-5-1-3-9(11)7-10-4-2-6-12(10)13/h7-8,15H,1-6H2. The van der Waals surface area contributed by atoms with E-state index in [1.165, 1.54) is 53.5 Å². The van der Waals surface area contributed by atoms with Gasteiger partial charge < -0.3 is 5.21 Å². The first-order valence-electron chi connectivity index (χ1n) is 5.74. The number of nitrogens with zero attached hydrogens (tertiary/aromatic N) is 1. The first-order valence-corrected chi connectivity index (χ1v) is 5.74. The van der Waals surface area contributed by atoms with Gasteiger partial charge in [-0.1, -0.05) is 11.2 Å². The summed E-state index contributed by atoms with van der Waals surface area (Å²) in [6, 6.07) is 2.39. The number of hydrogen-bond donors (Lipinski definition) is 1. The van der Waals surface area contributed by atoms with Crippen LogP contribution in [-0.4, -0.2) is 11.4 Å². The summed E-state index contributed by atoms with van der Waals surface area (Å²) >= 11 is 0. The van der Waals surface area contributed by atoms with Crippen LogP contribution in [0.15, 0.2) is 11.2 Å². The van der Waals surface area contributed by atoms with Crippen LogP contribution in [0.3, 0.4) is 0 Å². The molecule has 1 aromatic rings. The maximum Gasteiger partial charge on any atom is 0.0739 e. The molecule has 0 spiro atoms. The maximum atomic E-state index is 8.75. The molecule has 3 rings (SSSR count). The number of hydrogen-bond acceptors (Lipinski definition) is 2. The Bertz CT molecular complexity index is 402. The highest BCUT2D eigenvalue weighted by Crippen LogP contribution is 2.34. The Morgan fingerprint density at radius 2 is 1.60 bits per heavy atom. The van der Waals surface area contributed by atoms with Crippen molar-refractivity contribution in [2.24, 2.45) is 5.16 Å². The summed E-state index contributed by atoms with van der Waals surface area (Å²) in [4.78, 5) is 0. The number of oxime groups is 1. The number of rotatable bonds is 1. The van der Waals surface area contributed by atoms with Crippen molar-refractivity contribution < 1.29 is 5.21 Å². The van der Waals surface area contributed by atoms with Crippen molar-refractivity contribution >= 4 is 6.21 Å². The molecular weight excluding hydrogens is 186 g/mol. The largest absolute Gasteiger partial charge is 0.411 e. The molecule has 0 saturated heterocycles. The molecule has 2 aliphatic carbocycles. The van der Waals surface area contributed by atoms with Gasteiger partial charge in [0.15, 0.2) is 0 Å². The van der Waals surface area contributed by atoms with Gasteiger partial charge in [-0.3, -0.25) is 0 Å². The fourth-order valence-corrected chi connectivity index (χ4v) is 3.07. The van der Waals surface area contributed by atoms with Crippen molar-refractivity contribution in [2.75, 3.05) is 0 Å². The summed E-state index contributed by atoms with van der Waals surface area (Å²) in [5, 5.41) is 12.0. The average molecular weight is 201 g/mol. The van der Waals surface area contributed by atoms with Crippen LogP contribution in [0, 0.1) is 0 Å². The van der Waals surface area contributed by atoms with E-state index >= 15 is 0 Å². The smallest absolute Gasteiger partial charge is 0.0739 e. The summed E-state index contributed by atoms with van der Waals surface area (Å²) in [5.41, 5.74) is 7.08. The van der Waals surface area contributed by atoms with Gasteiger partial charge in [0.25, 0.3) is 0 Å². The Hall–Kier alpha value is -1.31. The highest BCUT2D eigenvalue weighted by Gasteiger charge is 2.22. The minimum Gasteiger partial charge on any atom is -0.411 e. The SMILES string of the molecule is ON=Cc1c2c(cc3c1CCC3)CCC2. The number of benzene rings is 1. The van der Waals surface area contributed by atoms with E-state index in [-0.39, 0.29) is 0 Å². The minimum atomic E-state index is 1.16. The quantitative estimate of drug-likeness (QED) is 0.422. The van der Waals surface area contributed by atoms with Gasteiger partial charge in [-0.15, -0.1) is 0 Å². The molecule has 78 valence electrons. The molecule has 0 aromatic heterocycles. The van der Waals surface area contributed by atoms with E-state index in [0.29, 0.717) is 0 Å². The Labute approximate surface area is 89.6 Å². The summed E-state index contributed by atoms with van der Waals surface area (Å²) < 4.78 is 0. The van der Waals surface area contributed by atoms with Crippen LogP contribution in [-0.2, 0) is 25.7 Å². The molecule has 1 aromatic carbocycles. The summed E-state index contributed by atoms with van der Waals surface area (Å²) in [5.74, 6) is 0. The normalized spacial score (nSPS) is 18.4. The van der Waals surface area contributed by atoms with Crippen molar-refractivity contribution in [1.82, 2.24) is 0 Å². The Morgan fingerprint density at radius 3 is 2.13 bits per heavy atom. The second-order valence-corrected chi connectivity index (χ2v) is 4.52. The molecule has 2 aliphatic rings. The van der Waals surface area contributed by atoms with E-state index < -0.39 is 0 Å². The molecule has 2 nitrogen and oxygen atoms in total. The van der Waals surface area contributed by atoms with Crippen molar-refractivity contribution in [1.29, 1.82) is 0 Å². The molecule has 0 fully saturated rings. The minimum absolute atomic E-state index is 1.16. The Kier molecular flexibility index (Phi) is 2.01. The second-order valence-electron chi connectivity index (χ2n) is 4.52. The molecule has 0 radical (unpaired) electrons. The van der Waals surface area contributed by atoms with Gasteiger partial charge in [0, 0.05) is 5.56 Å². The Morgan fingerprint density at radius 1 is 1.00 bits per heavy atom. The lowest BCUT2D eigenvalue weighted by Crippen LogP contribution is -1.99. The van der Waals surface area contributed by atoms with Crippen molar-refractivity contribution in [2.45, 2.75) is 38.5 Å². The third kappa shape index (κ3) is 1.28. The molecule has 0 atom stereocenters. The van der Waals surface area contributed by atoms with Gasteiger partial charge >= 0.3 is 0 Å². The van der Waals surface area contributed by atoms with Gasteiger partial charge in [0.1, 0.15) is 0 Å². The summed E-state index contributed by atoms with van der Waals surface area (Å²) in [6.07, 6.45) is 8.88. The van der Waals surface area contributed by atoms with Crippen LogP contribution in [0.1, 0.15) is 40.7 Å². The van der Waals surface area contributed by atoms with Crippen molar-refractivity contribution in [3.63, 3.8) is 0 Å².